The number of piperazine rings is 1. The van der Waals surface area contributed by atoms with Gasteiger partial charge in [0.25, 0.3) is 5.91 Å². The summed E-state index contributed by atoms with van der Waals surface area (Å²) in [5, 5.41) is 1.96. The highest BCUT2D eigenvalue weighted by atomic mass is 32.1. The van der Waals surface area contributed by atoms with Crippen molar-refractivity contribution < 1.29 is 4.79 Å². The fraction of sp³-hybridized carbons (Fsp3) is 0.353. The molecule has 4 heteroatoms. The maximum Gasteiger partial charge on any atom is 0.264 e. The van der Waals surface area contributed by atoms with Gasteiger partial charge < -0.3 is 9.80 Å². The van der Waals surface area contributed by atoms with Crippen molar-refractivity contribution in [2.75, 3.05) is 18.0 Å². The predicted octanol–water partition coefficient (Wildman–Crippen LogP) is 3.49. The number of hydrogen-bond acceptors (Lipinski definition) is 3. The number of benzene rings is 1. The van der Waals surface area contributed by atoms with Crippen LogP contribution in [0.25, 0.3) is 0 Å². The molecule has 2 heterocycles. The van der Waals surface area contributed by atoms with Gasteiger partial charge in [-0.15, -0.1) is 11.3 Å². The minimum atomic E-state index is 0.163. The smallest absolute Gasteiger partial charge is 0.264 e. The van der Waals surface area contributed by atoms with Crippen LogP contribution in [0.4, 0.5) is 5.69 Å². The first-order valence-electron chi connectivity index (χ1n) is 7.33. The largest absolute Gasteiger partial charge is 0.363 e. The van der Waals surface area contributed by atoms with Crippen LogP contribution in [0.1, 0.15) is 23.5 Å². The van der Waals surface area contributed by atoms with Gasteiger partial charge in [-0.05, 0) is 37.4 Å². The molecule has 1 aromatic carbocycles. The number of rotatable bonds is 2. The first kappa shape index (κ1) is 14.1. The van der Waals surface area contributed by atoms with Crippen LogP contribution in [-0.4, -0.2) is 36.0 Å². The summed E-state index contributed by atoms with van der Waals surface area (Å²) < 4.78 is 0. The molecule has 3 rings (SSSR count). The third-order valence-electron chi connectivity index (χ3n) is 3.99. The fourth-order valence-corrected chi connectivity index (χ4v) is 3.84. The summed E-state index contributed by atoms with van der Waals surface area (Å²) in [6, 6.07) is 14.9. The van der Waals surface area contributed by atoms with Gasteiger partial charge in [-0.3, -0.25) is 4.79 Å². The molecule has 0 spiro atoms. The van der Waals surface area contributed by atoms with Gasteiger partial charge in [0.05, 0.1) is 4.88 Å². The average molecular weight is 300 g/mol. The van der Waals surface area contributed by atoms with Crippen LogP contribution >= 0.6 is 11.3 Å². The van der Waals surface area contributed by atoms with E-state index < -0.39 is 0 Å². The lowest BCUT2D eigenvalue weighted by Gasteiger charge is -2.45. The summed E-state index contributed by atoms with van der Waals surface area (Å²) in [7, 11) is 0. The highest BCUT2D eigenvalue weighted by Gasteiger charge is 2.32. The van der Waals surface area contributed by atoms with Crippen LogP contribution < -0.4 is 4.90 Å². The molecule has 1 aromatic heterocycles. The molecule has 21 heavy (non-hydrogen) atoms. The summed E-state index contributed by atoms with van der Waals surface area (Å²) >= 11 is 1.52. The highest BCUT2D eigenvalue weighted by molar-refractivity contribution is 7.12. The van der Waals surface area contributed by atoms with Crippen LogP contribution in [0.3, 0.4) is 0 Å². The van der Waals surface area contributed by atoms with Gasteiger partial charge in [0.1, 0.15) is 0 Å². The van der Waals surface area contributed by atoms with Crippen molar-refractivity contribution in [2.45, 2.75) is 25.9 Å². The van der Waals surface area contributed by atoms with E-state index in [1.165, 1.54) is 17.0 Å². The van der Waals surface area contributed by atoms with Gasteiger partial charge in [-0.25, -0.2) is 0 Å². The Labute approximate surface area is 129 Å². The van der Waals surface area contributed by atoms with Crippen LogP contribution in [0.5, 0.6) is 0 Å². The van der Waals surface area contributed by atoms with Gasteiger partial charge in [0.15, 0.2) is 0 Å². The maximum atomic E-state index is 12.5. The normalized spacial score (nSPS) is 22.4. The molecule has 2 atom stereocenters. The van der Waals surface area contributed by atoms with Gasteiger partial charge in [0, 0.05) is 30.9 Å². The molecule has 1 fully saturated rings. The Morgan fingerprint density at radius 3 is 2.29 bits per heavy atom. The Morgan fingerprint density at radius 2 is 1.71 bits per heavy atom. The van der Waals surface area contributed by atoms with E-state index >= 15 is 0 Å². The Balaban J connectivity index is 1.77. The molecule has 2 aromatic rings. The Bertz CT molecular complexity index is 585. The van der Waals surface area contributed by atoms with Crippen LogP contribution in [-0.2, 0) is 0 Å². The molecular weight excluding hydrogens is 280 g/mol. The number of hydrogen-bond donors (Lipinski definition) is 0. The molecule has 0 bridgehead atoms. The van der Waals surface area contributed by atoms with Crippen molar-refractivity contribution in [3.63, 3.8) is 0 Å². The number of anilines is 1. The Morgan fingerprint density at radius 1 is 1.05 bits per heavy atom. The van der Waals surface area contributed by atoms with E-state index in [2.05, 4.69) is 43.0 Å². The minimum Gasteiger partial charge on any atom is -0.363 e. The average Bonchev–Trinajstić information content (AvgIpc) is 3.01. The summed E-state index contributed by atoms with van der Waals surface area (Å²) in [4.78, 5) is 17.8. The second kappa shape index (κ2) is 5.90. The number of thiophene rings is 1. The van der Waals surface area contributed by atoms with E-state index in [1.807, 2.05) is 28.5 Å². The molecule has 1 saturated heterocycles. The second-order valence-corrected chi connectivity index (χ2v) is 6.58. The second-order valence-electron chi connectivity index (χ2n) is 5.63. The van der Waals surface area contributed by atoms with Crippen LogP contribution in [0.15, 0.2) is 47.8 Å². The van der Waals surface area contributed by atoms with Crippen molar-refractivity contribution in [1.82, 2.24) is 4.90 Å². The van der Waals surface area contributed by atoms with Crippen molar-refractivity contribution >= 4 is 22.9 Å². The zero-order valence-electron chi connectivity index (χ0n) is 12.4. The summed E-state index contributed by atoms with van der Waals surface area (Å²) in [5.74, 6) is 0.163. The third-order valence-corrected chi connectivity index (χ3v) is 4.85. The van der Waals surface area contributed by atoms with Gasteiger partial charge in [-0.2, -0.15) is 0 Å². The lowest BCUT2D eigenvalue weighted by atomic mass is 10.1. The number of para-hydroxylation sites is 1. The van der Waals surface area contributed by atoms with E-state index in [9.17, 15) is 4.79 Å². The number of carbonyl (C=O) groups excluding carboxylic acids is 1. The van der Waals surface area contributed by atoms with E-state index in [1.54, 1.807) is 0 Å². The van der Waals surface area contributed by atoms with Crippen molar-refractivity contribution in [1.29, 1.82) is 0 Å². The summed E-state index contributed by atoms with van der Waals surface area (Å²) in [6.07, 6.45) is 0. The SMILES string of the molecule is CC1CN(C(=O)c2cccs2)CC(C)N1c1ccccc1. The summed E-state index contributed by atoms with van der Waals surface area (Å²) in [5.41, 5.74) is 1.24. The molecular formula is C17H20N2OS. The van der Waals surface area contributed by atoms with Gasteiger partial charge in [0.2, 0.25) is 0 Å². The first-order chi connectivity index (χ1) is 10.2. The lowest BCUT2D eigenvalue weighted by Crippen LogP contribution is -2.58. The van der Waals surface area contributed by atoms with E-state index in [0.29, 0.717) is 12.1 Å². The number of carbonyl (C=O) groups is 1. The third kappa shape index (κ3) is 2.81. The first-order valence-corrected chi connectivity index (χ1v) is 8.21. The maximum absolute atomic E-state index is 12.5. The highest BCUT2D eigenvalue weighted by Crippen LogP contribution is 2.25. The van der Waals surface area contributed by atoms with Crippen molar-refractivity contribution in [3.8, 4) is 0 Å². The number of nitrogens with zero attached hydrogens (tertiary/aromatic N) is 2. The lowest BCUT2D eigenvalue weighted by molar-refractivity contribution is 0.0706. The standard InChI is InChI=1S/C17H20N2OS/c1-13-11-18(17(20)16-9-6-10-21-16)12-14(2)19(13)15-7-4-3-5-8-15/h3-10,13-14H,11-12H2,1-2H3. The quantitative estimate of drug-likeness (QED) is 0.847. The Hall–Kier alpha value is -1.81. The zero-order chi connectivity index (χ0) is 14.8. The van der Waals surface area contributed by atoms with Crippen molar-refractivity contribution in [3.05, 3.63) is 52.7 Å². The Kier molecular flexibility index (Phi) is 3.97. The van der Waals surface area contributed by atoms with Crippen molar-refractivity contribution in [2.24, 2.45) is 0 Å². The fourth-order valence-electron chi connectivity index (χ4n) is 3.15. The van der Waals surface area contributed by atoms with E-state index in [0.717, 1.165) is 18.0 Å². The molecule has 0 saturated carbocycles. The summed E-state index contributed by atoms with van der Waals surface area (Å²) in [6.45, 7) is 5.93. The number of amides is 1. The molecule has 1 aliphatic rings. The van der Waals surface area contributed by atoms with Gasteiger partial charge in [-0.1, -0.05) is 24.3 Å². The van der Waals surface area contributed by atoms with Crippen LogP contribution in [0, 0.1) is 0 Å². The topological polar surface area (TPSA) is 23.6 Å². The minimum absolute atomic E-state index is 0.163. The van der Waals surface area contributed by atoms with Gasteiger partial charge >= 0.3 is 0 Å². The monoisotopic (exact) mass is 300 g/mol. The molecule has 1 amide bonds. The molecule has 0 aliphatic carbocycles. The molecule has 2 unspecified atom stereocenters. The molecule has 3 nitrogen and oxygen atoms in total. The predicted molar refractivity (Wildman–Crippen MR) is 88.1 cm³/mol. The molecule has 1 aliphatic heterocycles. The molecule has 0 radical (unpaired) electrons. The van der Waals surface area contributed by atoms with Crippen LogP contribution in [0.2, 0.25) is 0 Å². The molecule has 110 valence electrons. The molecule has 0 N–H and O–H groups in total. The van der Waals surface area contributed by atoms with E-state index in [4.69, 9.17) is 0 Å². The zero-order valence-corrected chi connectivity index (χ0v) is 13.2. The van der Waals surface area contributed by atoms with E-state index in [-0.39, 0.29) is 5.91 Å².